The van der Waals surface area contributed by atoms with Gasteiger partial charge in [0, 0.05) is 13.0 Å². The summed E-state index contributed by atoms with van der Waals surface area (Å²) in [5.74, 6) is -0.717. The lowest BCUT2D eigenvalue weighted by Gasteiger charge is -2.12. The maximum Gasteiger partial charge on any atom is 0.387 e. The summed E-state index contributed by atoms with van der Waals surface area (Å²) in [6.07, 6.45) is 1.56. The van der Waals surface area contributed by atoms with Gasteiger partial charge in [0.15, 0.2) is 10.7 Å². The van der Waals surface area contributed by atoms with Gasteiger partial charge in [0.05, 0.1) is 11.1 Å². The summed E-state index contributed by atoms with van der Waals surface area (Å²) in [6, 6.07) is 6.67. The standard InChI is InChI=1S/C13H11N3O3/c14-15-8-9(17)4-3-7-16-12(18)10-5-1-2-6-11(10)13(16)19/h1-2,5-6,8H,3-4,7H2/p+1. The van der Waals surface area contributed by atoms with Crippen LogP contribution in [0.4, 0.5) is 0 Å². The first-order valence-electron chi connectivity index (χ1n) is 5.82. The largest absolute Gasteiger partial charge is 0.505 e. The van der Waals surface area contributed by atoms with Gasteiger partial charge in [0.2, 0.25) is 5.39 Å². The van der Waals surface area contributed by atoms with E-state index in [1.165, 1.54) is 0 Å². The number of allylic oxidation sites excluding steroid dienone is 1. The van der Waals surface area contributed by atoms with Gasteiger partial charge in [-0.2, -0.15) is 0 Å². The van der Waals surface area contributed by atoms with Crippen LogP contribution < -0.4 is 0 Å². The maximum atomic E-state index is 12.0. The number of aliphatic hydroxyl groups is 1. The zero-order chi connectivity index (χ0) is 13.8. The molecule has 6 heteroatoms. The van der Waals surface area contributed by atoms with Crippen molar-refractivity contribution in [3.8, 4) is 0 Å². The number of imide groups is 1. The second-order valence-electron chi connectivity index (χ2n) is 4.15. The monoisotopic (exact) mass is 258 g/mol. The van der Waals surface area contributed by atoms with E-state index in [1.54, 1.807) is 24.3 Å². The summed E-state index contributed by atoms with van der Waals surface area (Å²) < 4.78 is 0. The molecule has 2 rings (SSSR count). The van der Waals surface area contributed by atoms with Crippen LogP contribution in [0.25, 0.3) is 4.98 Å². The molecule has 0 fully saturated rings. The summed E-state index contributed by atoms with van der Waals surface area (Å²) in [4.78, 5) is 27.8. The van der Waals surface area contributed by atoms with Crippen LogP contribution in [-0.4, -0.2) is 28.4 Å². The molecule has 1 N–H and O–H groups in total. The van der Waals surface area contributed by atoms with Gasteiger partial charge in [0.1, 0.15) is 0 Å². The third kappa shape index (κ3) is 2.45. The first-order valence-corrected chi connectivity index (χ1v) is 5.82. The second kappa shape index (κ2) is 5.31. The number of nitrogens with zero attached hydrogens (tertiary/aromatic N) is 3. The zero-order valence-corrected chi connectivity index (χ0v) is 10.1. The molecule has 0 aromatic heterocycles. The van der Waals surface area contributed by atoms with Crippen molar-refractivity contribution < 1.29 is 14.7 Å². The van der Waals surface area contributed by atoms with E-state index in [9.17, 15) is 14.7 Å². The molecule has 0 radical (unpaired) electrons. The van der Waals surface area contributed by atoms with E-state index >= 15 is 0 Å². The van der Waals surface area contributed by atoms with Gasteiger partial charge in [-0.25, -0.2) is 0 Å². The lowest BCUT2D eigenvalue weighted by atomic mass is 10.1. The molecule has 6 nitrogen and oxygen atoms in total. The van der Waals surface area contributed by atoms with Crippen LogP contribution >= 0.6 is 0 Å². The summed E-state index contributed by atoms with van der Waals surface area (Å²) in [5.41, 5.74) is 0.829. The predicted molar refractivity (Wildman–Crippen MR) is 66.8 cm³/mol. The fourth-order valence-electron chi connectivity index (χ4n) is 1.99. The van der Waals surface area contributed by atoms with Gasteiger partial charge in [-0.05, 0) is 18.6 Å². The van der Waals surface area contributed by atoms with E-state index in [0.717, 1.165) is 11.1 Å². The van der Waals surface area contributed by atoms with E-state index < -0.39 is 0 Å². The molecule has 1 aliphatic heterocycles. The summed E-state index contributed by atoms with van der Waals surface area (Å²) in [7, 11) is 0. The van der Waals surface area contributed by atoms with E-state index in [0.29, 0.717) is 17.5 Å². The number of diazo groups is 1. The van der Waals surface area contributed by atoms with E-state index in [2.05, 4.69) is 4.98 Å². The topological polar surface area (TPSA) is 85.8 Å². The van der Waals surface area contributed by atoms with E-state index in [4.69, 9.17) is 5.39 Å². The van der Waals surface area contributed by atoms with Crippen LogP contribution in [0.15, 0.2) is 36.2 Å². The van der Waals surface area contributed by atoms with Crippen molar-refractivity contribution in [2.24, 2.45) is 0 Å². The van der Waals surface area contributed by atoms with Crippen molar-refractivity contribution in [3.05, 3.63) is 52.3 Å². The highest BCUT2D eigenvalue weighted by atomic mass is 16.3. The smallest absolute Gasteiger partial charge is 0.387 e. The van der Waals surface area contributed by atoms with Gasteiger partial charge < -0.3 is 5.11 Å². The molecule has 1 aliphatic rings. The molecule has 0 atom stereocenters. The van der Waals surface area contributed by atoms with Crippen LogP contribution in [0.3, 0.4) is 0 Å². The Kier molecular flexibility index (Phi) is 3.57. The third-order valence-electron chi connectivity index (χ3n) is 2.90. The van der Waals surface area contributed by atoms with Crippen molar-refractivity contribution in [3.63, 3.8) is 0 Å². The second-order valence-corrected chi connectivity index (χ2v) is 4.15. The molecule has 0 unspecified atom stereocenters. The third-order valence-corrected chi connectivity index (χ3v) is 2.90. The molecule has 0 aliphatic carbocycles. The fourth-order valence-corrected chi connectivity index (χ4v) is 1.99. The number of carbonyl (C=O) groups excluding carboxylic acids is 2. The average molecular weight is 258 g/mol. The molecular weight excluding hydrogens is 246 g/mol. The molecule has 19 heavy (non-hydrogen) atoms. The van der Waals surface area contributed by atoms with Crippen LogP contribution in [0.5, 0.6) is 0 Å². The van der Waals surface area contributed by atoms with E-state index in [1.807, 2.05) is 0 Å². The Balaban J connectivity index is 2.01. The molecule has 0 bridgehead atoms. The molecule has 1 aromatic carbocycles. The number of fused-ring (bicyclic) bond motifs is 1. The van der Waals surface area contributed by atoms with Crippen LogP contribution in [0.1, 0.15) is 33.6 Å². The molecule has 1 aromatic rings. The Hall–Kier alpha value is -2.68. The summed E-state index contributed by atoms with van der Waals surface area (Å²) in [5, 5.41) is 17.5. The predicted octanol–water partition coefficient (Wildman–Crippen LogP) is 2.32. The molecule has 96 valence electrons. The molecular formula is C13H12N3O3+. The van der Waals surface area contributed by atoms with Crippen LogP contribution in [-0.2, 0) is 0 Å². The normalized spacial score (nSPS) is 14.5. The van der Waals surface area contributed by atoms with Crippen LogP contribution in [0, 0.1) is 5.39 Å². The van der Waals surface area contributed by atoms with Gasteiger partial charge in [-0.15, -0.1) is 0 Å². The average Bonchev–Trinajstić information content (AvgIpc) is 2.65. The maximum absolute atomic E-state index is 12.0. The number of hydrogen-bond acceptors (Lipinski definition) is 4. The highest BCUT2D eigenvalue weighted by Crippen LogP contribution is 2.22. The minimum atomic E-state index is -0.309. The number of hydrogen-bond donors (Lipinski definition) is 1. The van der Waals surface area contributed by atoms with Crippen molar-refractivity contribution in [1.82, 2.24) is 4.90 Å². The molecule has 0 saturated carbocycles. The van der Waals surface area contributed by atoms with Crippen molar-refractivity contribution >= 4 is 11.8 Å². The van der Waals surface area contributed by atoms with Crippen molar-refractivity contribution in [2.45, 2.75) is 12.8 Å². The van der Waals surface area contributed by atoms with Gasteiger partial charge in [0.25, 0.3) is 11.8 Å². The molecule has 2 amide bonds. The summed E-state index contributed by atoms with van der Waals surface area (Å²) in [6.45, 7) is 0.218. The number of carbonyl (C=O) groups is 2. The fraction of sp³-hybridized carbons (Fsp3) is 0.231. The summed E-state index contributed by atoms with van der Waals surface area (Å²) >= 11 is 0. The quantitative estimate of drug-likeness (QED) is 0.510. The molecule has 0 spiro atoms. The van der Waals surface area contributed by atoms with Crippen LogP contribution in [0.2, 0.25) is 0 Å². The van der Waals surface area contributed by atoms with Crippen molar-refractivity contribution in [1.29, 1.82) is 5.39 Å². The zero-order valence-electron chi connectivity index (χ0n) is 10.1. The van der Waals surface area contributed by atoms with Gasteiger partial charge in [-0.3, -0.25) is 14.5 Å². The number of rotatable bonds is 4. The Morgan fingerprint density at radius 2 is 1.84 bits per heavy atom. The number of aliphatic hydroxyl groups excluding tert-OH is 1. The highest BCUT2D eigenvalue weighted by molar-refractivity contribution is 6.21. The first-order chi connectivity index (χ1) is 9.15. The number of amides is 2. The minimum Gasteiger partial charge on any atom is -0.505 e. The number of benzene rings is 1. The van der Waals surface area contributed by atoms with E-state index in [-0.39, 0.29) is 30.5 Å². The lowest BCUT2D eigenvalue weighted by Crippen LogP contribution is -2.30. The molecule has 0 saturated heterocycles. The Bertz CT molecular complexity index is 566. The van der Waals surface area contributed by atoms with Gasteiger partial charge >= 0.3 is 6.20 Å². The molecule has 1 heterocycles. The SMILES string of the molecule is N#[N+]C=C(O)CCCN1C(=O)c2ccccc2C1=O. The Morgan fingerprint density at radius 1 is 1.26 bits per heavy atom. The minimum absolute atomic E-state index is 0.0980. The Labute approximate surface area is 109 Å². The Morgan fingerprint density at radius 3 is 2.37 bits per heavy atom. The first kappa shape index (κ1) is 12.8. The highest BCUT2D eigenvalue weighted by Gasteiger charge is 2.34. The van der Waals surface area contributed by atoms with Crippen molar-refractivity contribution in [2.75, 3.05) is 6.54 Å². The lowest BCUT2D eigenvalue weighted by molar-refractivity contribution is 0.0651. The van der Waals surface area contributed by atoms with Gasteiger partial charge in [-0.1, -0.05) is 12.1 Å².